The topological polar surface area (TPSA) is 103 Å². The molecule has 0 radical (unpaired) electrons. The van der Waals surface area contributed by atoms with Crippen molar-refractivity contribution in [1.82, 2.24) is 29.1 Å². The van der Waals surface area contributed by atoms with Crippen LogP contribution < -0.4 is 5.69 Å². The number of piperidine rings is 1. The fourth-order valence-electron chi connectivity index (χ4n) is 6.22. The van der Waals surface area contributed by atoms with Gasteiger partial charge in [-0.15, -0.1) is 0 Å². The van der Waals surface area contributed by atoms with Crippen molar-refractivity contribution in [3.63, 3.8) is 0 Å². The van der Waals surface area contributed by atoms with E-state index >= 15 is 0 Å². The van der Waals surface area contributed by atoms with Gasteiger partial charge < -0.3 is 20.1 Å². The molecule has 12 heteroatoms. The number of aliphatic hydroxyl groups excluding tert-OH is 2. The van der Waals surface area contributed by atoms with E-state index in [1.54, 1.807) is 4.68 Å². The van der Waals surface area contributed by atoms with Crippen molar-refractivity contribution in [2.75, 3.05) is 32.9 Å². The van der Waals surface area contributed by atoms with E-state index in [9.17, 15) is 28.2 Å². The van der Waals surface area contributed by atoms with E-state index in [4.69, 9.17) is 5.10 Å². The van der Waals surface area contributed by atoms with Crippen molar-refractivity contribution in [3.8, 4) is 11.3 Å². The normalized spacial score (nSPS) is 17.5. The molecule has 2 aliphatic rings. The summed E-state index contributed by atoms with van der Waals surface area (Å²) < 4.78 is 42.9. The number of benzene rings is 2. The fraction of sp³-hybridized carbons (Fsp3) is 0.484. The molecule has 0 amide bonds. The Morgan fingerprint density at radius 2 is 1.70 bits per heavy atom. The number of fused-ring (bicyclic) bond motifs is 2. The first-order valence-electron chi connectivity index (χ1n) is 14.9. The second-order valence-electron chi connectivity index (χ2n) is 11.0. The molecule has 2 aliphatic heterocycles. The van der Waals surface area contributed by atoms with Crippen LogP contribution in [0.3, 0.4) is 0 Å². The smallest absolute Gasteiger partial charge is 0.390 e. The highest BCUT2D eigenvalue weighted by molar-refractivity contribution is 5.75. The van der Waals surface area contributed by atoms with Gasteiger partial charge in [0.1, 0.15) is 0 Å². The van der Waals surface area contributed by atoms with Crippen LogP contribution in [0, 0.1) is 0 Å². The lowest BCUT2D eigenvalue weighted by atomic mass is 10.00. The zero-order chi connectivity index (χ0) is 30.7. The van der Waals surface area contributed by atoms with Gasteiger partial charge >= 0.3 is 11.9 Å². The molecule has 6 rings (SSSR count). The number of hydrogen-bond donors (Lipinski definition) is 3. The first-order chi connectivity index (χ1) is 20.7. The van der Waals surface area contributed by atoms with E-state index < -0.39 is 17.8 Å². The number of rotatable bonds is 7. The van der Waals surface area contributed by atoms with Gasteiger partial charge in [0.05, 0.1) is 41.7 Å². The summed E-state index contributed by atoms with van der Waals surface area (Å²) in [5.41, 5.74) is 3.85. The number of nitrogens with zero attached hydrogens (tertiary/aromatic N) is 5. The summed E-state index contributed by atoms with van der Waals surface area (Å²) in [6, 6.07) is 12.7. The van der Waals surface area contributed by atoms with E-state index in [0.29, 0.717) is 37.3 Å². The van der Waals surface area contributed by atoms with Gasteiger partial charge in [0.15, 0.2) is 0 Å². The number of H-pyrrole nitrogens is 1. The maximum absolute atomic E-state index is 13.1. The van der Waals surface area contributed by atoms with Gasteiger partial charge in [0.2, 0.25) is 0 Å². The zero-order valence-electron chi connectivity index (χ0n) is 24.5. The molecule has 0 saturated carbocycles. The number of alkyl halides is 3. The highest BCUT2D eigenvalue weighted by Gasteiger charge is 2.31. The minimum absolute atomic E-state index is 0.0888. The summed E-state index contributed by atoms with van der Waals surface area (Å²) >= 11 is 0. The van der Waals surface area contributed by atoms with Gasteiger partial charge in [-0.05, 0) is 37.1 Å². The summed E-state index contributed by atoms with van der Waals surface area (Å²) in [7, 11) is 0. The molecular weight excluding hydrogens is 561 g/mol. The van der Waals surface area contributed by atoms with E-state index in [2.05, 4.69) is 9.88 Å². The van der Waals surface area contributed by atoms with E-state index in [-0.39, 0.29) is 25.0 Å². The molecule has 0 aliphatic carbocycles. The average Bonchev–Trinajstić information content (AvgIpc) is 3.54. The lowest BCUT2D eigenvalue weighted by Gasteiger charge is -2.33. The van der Waals surface area contributed by atoms with Crippen molar-refractivity contribution in [3.05, 3.63) is 75.8 Å². The monoisotopic (exact) mass is 600 g/mol. The van der Waals surface area contributed by atoms with Crippen molar-refractivity contribution in [2.24, 2.45) is 0 Å². The molecule has 1 atom stereocenters. The number of para-hydroxylation sites is 2. The fourth-order valence-corrected chi connectivity index (χ4v) is 6.22. The summed E-state index contributed by atoms with van der Waals surface area (Å²) in [5.74, 6) is 0. The van der Waals surface area contributed by atoms with Crippen LogP contribution in [-0.4, -0.2) is 78.4 Å². The Balaban J connectivity index is 0.00000180. The van der Waals surface area contributed by atoms with E-state index in [1.165, 1.54) is 12.1 Å². The molecule has 1 unspecified atom stereocenters. The molecular formula is C31H39F3N6O3. The number of imidazole rings is 1. The summed E-state index contributed by atoms with van der Waals surface area (Å²) in [5, 5.41) is 25.5. The van der Waals surface area contributed by atoms with Gasteiger partial charge in [0.25, 0.3) is 0 Å². The predicted octanol–water partition coefficient (Wildman–Crippen LogP) is 4.24. The maximum Gasteiger partial charge on any atom is 0.416 e. The Labute approximate surface area is 248 Å². The van der Waals surface area contributed by atoms with Crippen LogP contribution in [0.25, 0.3) is 22.3 Å². The second-order valence-corrected chi connectivity index (χ2v) is 11.0. The Hall–Kier alpha value is -3.45. The van der Waals surface area contributed by atoms with Gasteiger partial charge in [-0.2, -0.15) is 18.3 Å². The van der Waals surface area contributed by atoms with Gasteiger partial charge in [-0.1, -0.05) is 38.1 Å². The van der Waals surface area contributed by atoms with E-state index in [1.807, 2.05) is 47.6 Å². The Kier molecular flexibility index (Phi) is 9.40. The third-order valence-corrected chi connectivity index (χ3v) is 8.30. The molecule has 43 heavy (non-hydrogen) atoms. The lowest BCUT2D eigenvalue weighted by molar-refractivity contribution is -0.137. The standard InChI is InChI=1S/C29H33F3N6O3.C2H6/c30-29(31,32)20-7-5-19(6-8-20)27-23-17-36(18-39)14-11-25(23)37(34-27)16-22(40)15-35-12-9-21(10-13-35)38-26-4-2-1-3-24(26)33-28(38)41;1-2/h1-8,21-22,39-40H,9-18H2,(H,33,41);1-2H3. The summed E-state index contributed by atoms with van der Waals surface area (Å²) in [6.07, 6.45) is -2.93. The quantitative estimate of drug-likeness (QED) is 0.293. The molecule has 4 aromatic rings. The lowest BCUT2D eigenvalue weighted by Crippen LogP contribution is -2.42. The minimum Gasteiger partial charge on any atom is -0.390 e. The highest BCUT2D eigenvalue weighted by Crippen LogP contribution is 2.34. The molecule has 4 heterocycles. The number of aromatic amines is 1. The van der Waals surface area contributed by atoms with Crippen LogP contribution in [0.4, 0.5) is 13.2 Å². The SMILES string of the molecule is CC.O=c1[nH]c2ccccc2n1C1CCN(CC(O)Cn2nc(-c3ccc(C(F)(F)F)cc3)c3c2CCN(CO)C3)CC1. The number of likely N-dealkylation sites (tertiary alicyclic amines) is 1. The third kappa shape index (κ3) is 6.57. The highest BCUT2D eigenvalue weighted by atomic mass is 19.4. The first kappa shape index (κ1) is 31.0. The Morgan fingerprint density at radius 3 is 2.37 bits per heavy atom. The molecule has 232 valence electrons. The van der Waals surface area contributed by atoms with Gasteiger partial charge in [-0.3, -0.25) is 14.1 Å². The largest absolute Gasteiger partial charge is 0.416 e. The number of halogens is 3. The molecule has 0 spiro atoms. The van der Waals surface area contributed by atoms with Crippen molar-refractivity contribution < 1.29 is 23.4 Å². The van der Waals surface area contributed by atoms with E-state index in [0.717, 1.165) is 60.4 Å². The molecule has 3 N–H and O–H groups in total. The van der Waals surface area contributed by atoms with Crippen LogP contribution in [-0.2, 0) is 25.7 Å². The van der Waals surface area contributed by atoms with Crippen LogP contribution in [0.15, 0.2) is 53.3 Å². The maximum atomic E-state index is 13.1. The number of aromatic nitrogens is 4. The van der Waals surface area contributed by atoms with Gasteiger partial charge in [-0.25, -0.2) is 4.79 Å². The Bertz CT molecular complexity index is 1570. The van der Waals surface area contributed by atoms with Crippen molar-refractivity contribution >= 4 is 11.0 Å². The zero-order valence-corrected chi connectivity index (χ0v) is 24.5. The molecule has 1 fully saturated rings. The van der Waals surface area contributed by atoms with Crippen LogP contribution in [0.2, 0.25) is 0 Å². The number of hydrogen-bond acceptors (Lipinski definition) is 6. The number of nitrogens with one attached hydrogen (secondary N) is 1. The molecule has 2 aromatic carbocycles. The van der Waals surface area contributed by atoms with Crippen LogP contribution in [0.5, 0.6) is 0 Å². The van der Waals surface area contributed by atoms with Crippen molar-refractivity contribution in [1.29, 1.82) is 0 Å². The number of aliphatic hydroxyl groups is 2. The third-order valence-electron chi connectivity index (χ3n) is 8.30. The Morgan fingerprint density at radius 1 is 1.00 bits per heavy atom. The number of β-amino-alcohol motifs (C(OH)–C–C–N with tert-alkyl or cyclic N) is 1. The minimum atomic E-state index is -4.42. The average molecular weight is 601 g/mol. The molecule has 9 nitrogen and oxygen atoms in total. The predicted molar refractivity (Wildman–Crippen MR) is 158 cm³/mol. The van der Waals surface area contributed by atoms with Crippen LogP contribution in [0.1, 0.15) is 49.6 Å². The van der Waals surface area contributed by atoms with Gasteiger partial charge in [0, 0.05) is 62.0 Å². The first-order valence-corrected chi connectivity index (χ1v) is 14.9. The molecule has 1 saturated heterocycles. The molecule has 2 aromatic heterocycles. The summed E-state index contributed by atoms with van der Waals surface area (Å²) in [6.45, 7) is 7.12. The molecule has 0 bridgehead atoms. The summed E-state index contributed by atoms with van der Waals surface area (Å²) in [4.78, 5) is 19.6. The van der Waals surface area contributed by atoms with Crippen LogP contribution >= 0.6 is 0 Å². The van der Waals surface area contributed by atoms with Crippen molar-refractivity contribution in [2.45, 2.75) is 64.5 Å². The second kappa shape index (κ2) is 13.0.